The molecular weight excluding hydrogens is 328 g/mol. The summed E-state index contributed by atoms with van der Waals surface area (Å²) < 4.78 is 5.76. The number of benzene rings is 1. The van der Waals surface area contributed by atoms with Gasteiger partial charge >= 0.3 is 0 Å². The minimum atomic E-state index is -0.0451. The zero-order valence-corrected chi connectivity index (χ0v) is 16.4. The molecule has 0 aliphatic heterocycles. The van der Waals surface area contributed by atoms with E-state index in [0.717, 1.165) is 25.7 Å². The number of anilines is 1. The van der Waals surface area contributed by atoms with Crippen LogP contribution in [0.1, 0.15) is 53.4 Å². The molecule has 26 heavy (non-hydrogen) atoms. The first-order valence-corrected chi connectivity index (χ1v) is 9.71. The molecule has 0 atom stereocenters. The summed E-state index contributed by atoms with van der Waals surface area (Å²) in [7, 11) is 0. The lowest BCUT2D eigenvalue weighted by Crippen LogP contribution is -2.37. The van der Waals surface area contributed by atoms with Gasteiger partial charge in [0.25, 0.3) is 0 Å². The van der Waals surface area contributed by atoms with E-state index in [9.17, 15) is 9.59 Å². The second-order valence-electron chi connectivity index (χ2n) is 7.84. The maximum Gasteiger partial charge on any atom is 0.227 e. The first-order valence-electron chi connectivity index (χ1n) is 9.71. The number of para-hydroxylation sites is 2. The Morgan fingerprint density at radius 1 is 1.00 bits per heavy atom. The largest absolute Gasteiger partial charge is 0.489 e. The zero-order valence-electron chi connectivity index (χ0n) is 16.4. The molecule has 2 rings (SSSR count). The van der Waals surface area contributed by atoms with Crippen LogP contribution in [0, 0.1) is 17.8 Å². The molecule has 2 amide bonds. The fraction of sp³-hybridized carbons (Fsp3) is 0.619. The standard InChI is InChI=1S/C21H32N2O3/c1-14(2)13-22-20(24)16-9-11-17(12-10-16)21(25)23-18-7-5-6-8-19(18)26-15(3)4/h5-8,14-17H,9-13H2,1-4H3,(H,22,24)(H,23,25). The molecular formula is C21H32N2O3. The van der Waals surface area contributed by atoms with Gasteiger partial charge in [0.15, 0.2) is 0 Å². The van der Waals surface area contributed by atoms with Gasteiger partial charge in [0, 0.05) is 18.4 Å². The van der Waals surface area contributed by atoms with Gasteiger partial charge in [-0.05, 0) is 57.6 Å². The Balaban J connectivity index is 1.86. The second-order valence-corrected chi connectivity index (χ2v) is 7.84. The first-order chi connectivity index (χ1) is 12.4. The highest BCUT2D eigenvalue weighted by Crippen LogP contribution is 2.31. The van der Waals surface area contributed by atoms with E-state index in [2.05, 4.69) is 24.5 Å². The summed E-state index contributed by atoms with van der Waals surface area (Å²) >= 11 is 0. The van der Waals surface area contributed by atoms with Gasteiger partial charge in [0.2, 0.25) is 11.8 Å². The molecule has 1 aliphatic rings. The molecule has 144 valence electrons. The van der Waals surface area contributed by atoms with Gasteiger partial charge in [-0.15, -0.1) is 0 Å². The van der Waals surface area contributed by atoms with Crippen LogP contribution in [0.5, 0.6) is 5.75 Å². The molecule has 1 aromatic rings. The number of amides is 2. The fourth-order valence-electron chi connectivity index (χ4n) is 3.23. The van der Waals surface area contributed by atoms with E-state index in [1.807, 2.05) is 38.1 Å². The molecule has 0 heterocycles. The lowest BCUT2D eigenvalue weighted by Gasteiger charge is -2.27. The predicted octanol–water partition coefficient (Wildman–Crippen LogP) is 3.99. The highest BCUT2D eigenvalue weighted by molar-refractivity contribution is 5.94. The molecule has 0 unspecified atom stereocenters. The topological polar surface area (TPSA) is 67.4 Å². The van der Waals surface area contributed by atoms with Gasteiger partial charge in [-0.1, -0.05) is 26.0 Å². The van der Waals surface area contributed by atoms with E-state index < -0.39 is 0 Å². The Morgan fingerprint density at radius 3 is 2.15 bits per heavy atom. The van der Waals surface area contributed by atoms with E-state index in [1.165, 1.54) is 0 Å². The van der Waals surface area contributed by atoms with Crippen molar-refractivity contribution in [3.63, 3.8) is 0 Å². The third-order valence-corrected chi connectivity index (χ3v) is 4.66. The number of carbonyl (C=O) groups excluding carboxylic acids is 2. The average Bonchev–Trinajstić information content (AvgIpc) is 2.61. The van der Waals surface area contributed by atoms with Crippen molar-refractivity contribution in [3.8, 4) is 5.75 Å². The Morgan fingerprint density at radius 2 is 1.58 bits per heavy atom. The SMILES string of the molecule is CC(C)CNC(=O)C1CCC(C(=O)Nc2ccccc2OC(C)C)CC1. The number of ether oxygens (including phenoxy) is 1. The Kier molecular flexibility index (Phi) is 7.49. The van der Waals surface area contributed by atoms with Crippen molar-refractivity contribution < 1.29 is 14.3 Å². The van der Waals surface area contributed by atoms with Gasteiger partial charge in [-0.2, -0.15) is 0 Å². The van der Waals surface area contributed by atoms with Gasteiger partial charge in [0.1, 0.15) is 5.75 Å². The molecule has 0 bridgehead atoms. The summed E-state index contributed by atoms with van der Waals surface area (Å²) in [5, 5.41) is 6.01. The van der Waals surface area contributed by atoms with Crippen molar-refractivity contribution in [2.75, 3.05) is 11.9 Å². The molecule has 2 N–H and O–H groups in total. The smallest absolute Gasteiger partial charge is 0.227 e. The van der Waals surface area contributed by atoms with Gasteiger partial charge in [0.05, 0.1) is 11.8 Å². The molecule has 1 aliphatic carbocycles. The van der Waals surface area contributed by atoms with Crippen molar-refractivity contribution in [2.45, 2.75) is 59.5 Å². The minimum Gasteiger partial charge on any atom is -0.489 e. The molecule has 0 radical (unpaired) electrons. The minimum absolute atomic E-state index is 0.0193. The third kappa shape index (κ3) is 6.04. The lowest BCUT2D eigenvalue weighted by atomic mass is 9.81. The summed E-state index contributed by atoms with van der Waals surface area (Å²) in [6.07, 6.45) is 3.09. The van der Waals surface area contributed by atoms with Crippen LogP contribution in [-0.4, -0.2) is 24.5 Å². The summed E-state index contributed by atoms with van der Waals surface area (Å²) in [4.78, 5) is 24.8. The maximum atomic E-state index is 12.6. The van der Waals surface area contributed by atoms with Gasteiger partial charge in [-0.3, -0.25) is 9.59 Å². The van der Waals surface area contributed by atoms with Crippen molar-refractivity contribution in [2.24, 2.45) is 17.8 Å². The number of nitrogens with one attached hydrogen (secondary N) is 2. The molecule has 0 saturated heterocycles. The molecule has 1 saturated carbocycles. The summed E-state index contributed by atoms with van der Waals surface area (Å²) in [5.74, 6) is 1.29. The number of carbonyl (C=O) groups is 2. The average molecular weight is 360 g/mol. The van der Waals surface area contributed by atoms with E-state index in [0.29, 0.717) is 23.9 Å². The van der Waals surface area contributed by atoms with Gasteiger partial charge < -0.3 is 15.4 Å². The van der Waals surface area contributed by atoms with Crippen LogP contribution in [0.15, 0.2) is 24.3 Å². The summed E-state index contributed by atoms with van der Waals surface area (Å²) in [6, 6.07) is 7.51. The highest BCUT2D eigenvalue weighted by Gasteiger charge is 2.30. The van der Waals surface area contributed by atoms with E-state index >= 15 is 0 Å². The van der Waals surface area contributed by atoms with E-state index in [4.69, 9.17) is 4.74 Å². The van der Waals surface area contributed by atoms with Crippen LogP contribution in [0.2, 0.25) is 0 Å². The Bertz CT molecular complexity index is 605. The fourth-order valence-corrected chi connectivity index (χ4v) is 3.23. The molecule has 5 heteroatoms. The number of hydrogen-bond donors (Lipinski definition) is 2. The molecule has 0 spiro atoms. The van der Waals surface area contributed by atoms with Gasteiger partial charge in [-0.25, -0.2) is 0 Å². The first kappa shape index (κ1) is 20.3. The quantitative estimate of drug-likeness (QED) is 0.772. The summed E-state index contributed by atoms with van der Waals surface area (Å²) in [6.45, 7) is 8.81. The van der Waals surface area contributed by atoms with Crippen LogP contribution in [-0.2, 0) is 9.59 Å². The molecule has 1 aromatic carbocycles. The van der Waals surface area contributed by atoms with E-state index in [1.54, 1.807) is 0 Å². The van der Waals surface area contributed by atoms with Crippen molar-refractivity contribution in [3.05, 3.63) is 24.3 Å². The van der Waals surface area contributed by atoms with Crippen LogP contribution >= 0.6 is 0 Å². The third-order valence-electron chi connectivity index (χ3n) is 4.66. The van der Waals surface area contributed by atoms with E-state index in [-0.39, 0.29) is 29.8 Å². The van der Waals surface area contributed by atoms with Crippen LogP contribution in [0.25, 0.3) is 0 Å². The lowest BCUT2D eigenvalue weighted by molar-refractivity contribution is -0.128. The highest BCUT2D eigenvalue weighted by atomic mass is 16.5. The zero-order chi connectivity index (χ0) is 19.1. The van der Waals surface area contributed by atoms with Crippen LogP contribution < -0.4 is 15.4 Å². The monoisotopic (exact) mass is 360 g/mol. The van der Waals surface area contributed by atoms with Crippen molar-refractivity contribution in [1.82, 2.24) is 5.32 Å². The van der Waals surface area contributed by atoms with Crippen LogP contribution in [0.4, 0.5) is 5.69 Å². The molecule has 0 aromatic heterocycles. The van der Waals surface area contributed by atoms with Crippen molar-refractivity contribution in [1.29, 1.82) is 0 Å². The maximum absolute atomic E-state index is 12.6. The normalized spacial score (nSPS) is 20.1. The number of hydrogen-bond acceptors (Lipinski definition) is 3. The molecule has 1 fully saturated rings. The Labute approximate surface area is 156 Å². The molecule has 5 nitrogen and oxygen atoms in total. The predicted molar refractivity (Wildman–Crippen MR) is 104 cm³/mol. The number of rotatable bonds is 7. The second kappa shape index (κ2) is 9.60. The van der Waals surface area contributed by atoms with Crippen LogP contribution in [0.3, 0.4) is 0 Å². The van der Waals surface area contributed by atoms with Crippen molar-refractivity contribution >= 4 is 17.5 Å². The summed E-state index contributed by atoms with van der Waals surface area (Å²) in [5.41, 5.74) is 0.711. The Hall–Kier alpha value is -2.04.